The molecule has 2 aliphatic rings. The SMILES string of the molecule is CC.O=C1NC(=O)C2CCCCC12.[HH].[HH]. The molecular weight excluding hydrogens is 166 g/mol. The average molecular weight is 187 g/mol. The third-order valence-corrected chi connectivity index (χ3v) is 2.69. The minimum atomic E-state index is -0.0419. The lowest BCUT2D eigenvalue weighted by Crippen LogP contribution is -2.21. The van der Waals surface area contributed by atoms with Crippen LogP contribution in [0.5, 0.6) is 0 Å². The summed E-state index contributed by atoms with van der Waals surface area (Å²) in [7, 11) is 0. The molecule has 0 bridgehead atoms. The Morgan fingerprint density at radius 2 is 1.46 bits per heavy atom. The van der Waals surface area contributed by atoms with Gasteiger partial charge in [-0.2, -0.15) is 0 Å². The van der Waals surface area contributed by atoms with Gasteiger partial charge in [-0.25, -0.2) is 0 Å². The van der Waals surface area contributed by atoms with Crippen molar-refractivity contribution in [1.82, 2.24) is 5.32 Å². The summed E-state index contributed by atoms with van der Waals surface area (Å²) in [5.41, 5.74) is 0. The highest BCUT2D eigenvalue weighted by Gasteiger charge is 2.42. The summed E-state index contributed by atoms with van der Waals surface area (Å²) in [5.74, 6) is -0.0631. The van der Waals surface area contributed by atoms with Gasteiger partial charge in [-0.05, 0) is 12.8 Å². The van der Waals surface area contributed by atoms with Crippen LogP contribution in [0.1, 0.15) is 42.4 Å². The van der Waals surface area contributed by atoms with E-state index in [1.807, 2.05) is 13.8 Å². The second-order valence-corrected chi connectivity index (χ2v) is 3.35. The lowest BCUT2D eigenvalue weighted by Gasteiger charge is -2.19. The van der Waals surface area contributed by atoms with Crippen LogP contribution in [0.15, 0.2) is 0 Å². The Bertz CT molecular complexity index is 199. The Morgan fingerprint density at radius 1 is 1.08 bits per heavy atom. The largest absolute Gasteiger partial charge is 0.296 e. The first-order valence-corrected chi connectivity index (χ1v) is 5.14. The Morgan fingerprint density at radius 3 is 1.85 bits per heavy atom. The quantitative estimate of drug-likeness (QED) is 0.589. The van der Waals surface area contributed by atoms with E-state index < -0.39 is 0 Å². The van der Waals surface area contributed by atoms with Gasteiger partial charge in [-0.1, -0.05) is 26.7 Å². The van der Waals surface area contributed by atoms with Gasteiger partial charge >= 0.3 is 0 Å². The zero-order valence-electron chi connectivity index (χ0n) is 8.30. The summed E-state index contributed by atoms with van der Waals surface area (Å²) < 4.78 is 0. The average Bonchev–Trinajstić information content (AvgIpc) is 2.47. The Labute approximate surface area is 81.9 Å². The van der Waals surface area contributed by atoms with Gasteiger partial charge in [0.2, 0.25) is 11.8 Å². The summed E-state index contributed by atoms with van der Waals surface area (Å²) in [6.07, 6.45) is 4.01. The van der Waals surface area contributed by atoms with Crippen LogP contribution in [0.3, 0.4) is 0 Å². The van der Waals surface area contributed by atoms with Gasteiger partial charge in [0.25, 0.3) is 0 Å². The van der Waals surface area contributed by atoms with Crippen molar-refractivity contribution < 1.29 is 12.4 Å². The molecule has 1 aliphatic carbocycles. The summed E-state index contributed by atoms with van der Waals surface area (Å²) in [4.78, 5) is 22.2. The van der Waals surface area contributed by atoms with Crippen LogP contribution in [0.2, 0.25) is 0 Å². The molecule has 13 heavy (non-hydrogen) atoms. The molecule has 2 rings (SSSR count). The number of carbonyl (C=O) groups is 2. The van der Waals surface area contributed by atoms with Crippen LogP contribution in [-0.4, -0.2) is 11.8 Å². The number of hydrogen-bond donors (Lipinski definition) is 1. The van der Waals surface area contributed by atoms with Crippen molar-refractivity contribution in [3.05, 3.63) is 0 Å². The van der Waals surface area contributed by atoms with Crippen molar-refractivity contribution in [2.75, 3.05) is 0 Å². The standard InChI is InChI=1S/C8H11NO2.C2H6.2H2/c10-7-5-3-1-2-4-6(5)8(11)9-7;1-2;;/h5-6H,1-4H2,(H,9,10,11);1-2H3;2*1H. The second kappa shape index (κ2) is 4.40. The first-order valence-electron chi connectivity index (χ1n) is 5.14. The number of fused-ring (bicyclic) bond motifs is 1. The highest BCUT2D eigenvalue weighted by atomic mass is 16.2. The highest BCUT2D eigenvalue weighted by molar-refractivity contribution is 6.05. The van der Waals surface area contributed by atoms with Crippen LogP contribution >= 0.6 is 0 Å². The zero-order chi connectivity index (χ0) is 9.84. The molecule has 78 valence electrons. The molecule has 0 radical (unpaired) electrons. The summed E-state index contributed by atoms with van der Waals surface area (Å²) in [6, 6.07) is 0. The molecule has 2 amide bonds. The second-order valence-electron chi connectivity index (χ2n) is 3.35. The third kappa shape index (κ3) is 1.90. The number of rotatable bonds is 0. The van der Waals surface area contributed by atoms with Gasteiger partial charge < -0.3 is 0 Å². The van der Waals surface area contributed by atoms with E-state index in [2.05, 4.69) is 5.32 Å². The molecule has 3 heteroatoms. The molecule has 1 saturated heterocycles. The minimum absolute atomic E-state index is 0. The van der Waals surface area contributed by atoms with Crippen molar-refractivity contribution in [2.45, 2.75) is 39.5 Å². The van der Waals surface area contributed by atoms with E-state index in [9.17, 15) is 9.59 Å². The molecule has 1 aliphatic heterocycles. The van der Waals surface area contributed by atoms with E-state index in [4.69, 9.17) is 0 Å². The topological polar surface area (TPSA) is 46.2 Å². The molecule has 1 N–H and O–H groups in total. The van der Waals surface area contributed by atoms with Crippen LogP contribution in [0.25, 0.3) is 0 Å². The van der Waals surface area contributed by atoms with Crippen LogP contribution in [-0.2, 0) is 9.59 Å². The number of carbonyl (C=O) groups excluding carboxylic acids is 2. The van der Waals surface area contributed by atoms with E-state index in [0.717, 1.165) is 25.7 Å². The number of imide groups is 1. The van der Waals surface area contributed by atoms with Crippen molar-refractivity contribution in [3.8, 4) is 0 Å². The lowest BCUT2D eigenvalue weighted by molar-refractivity contribution is -0.126. The highest BCUT2D eigenvalue weighted by Crippen LogP contribution is 2.33. The predicted octanol–water partition coefficient (Wildman–Crippen LogP) is 1.97. The Balaban J connectivity index is 0. The smallest absolute Gasteiger partial charge is 0.230 e. The molecular formula is C10H21NO2. The molecule has 2 fully saturated rings. The van der Waals surface area contributed by atoms with E-state index in [1.54, 1.807) is 0 Å². The van der Waals surface area contributed by atoms with E-state index in [1.165, 1.54) is 0 Å². The van der Waals surface area contributed by atoms with Gasteiger partial charge in [-0.15, -0.1) is 0 Å². The van der Waals surface area contributed by atoms with E-state index in [-0.39, 0.29) is 26.5 Å². The maximum absolute atomic E-state index is 11.1. The Hall–Kier alpha value is -0.860. The van der Waals surface area contributed by atoms with Gasteiger partial charge in [0, 0.05) is 14.7 Å². The van der Waals surface area contributed by atoms with Gasteiger partial charge in [0.15, 0.2) is 0 Å². The van der Waals surface area contributed by atoms with Crippen LogP contribution in [0.4, 0.5) is 0 Å². The fraction of sp³-hybridized carbons (Fsp3) is 0.800. The lowest BCUT2D eigenvalue weighted by atomic mass is 9.81. The number of hydrogen-bond acceptors (Lipinski definition) is 2. The molecule has 0 spiro atoms. The molecule has 1 saturated carbocycles. The maximum Gasteiger partial charge on any atom is 0.230 e. The molecule has 0 aromatic carbocycles. The van der Waals surface area contributed by atoms with Crippen LogP contribution in [0, 0.1) is 11.8 Å². The number of amides is 2. The molecule has 0 aromatic heterocycles. The molecule has 2 unspecified atom stereocenters. The molecule has 2 atom stereocenters. The minimum Gasteiger partial charge on any atom is -0.296 e. The maximum atomic E-state index is 11.1. The zero-order valence-corrected chi connectivity index (χ0v) is 8.30. The van der Waals surface area contributed by atoms with Gasteiger partial charge in [0.05, 0.1) is 0 Å². The fourth-order valence-electron chi connectivity index (χ4n) is 2.07. The summed E-state index contributed by atoms with van der Waals surface area (Å²) >= 11 is 0. The molecule has 3 nitrogen and oxygen atoms in total. The monoisotopic (exact) mass is 187 g/mol. The number of nitrogens with one attached hydrogen (secondary N) is 1. The predicted molar refractivity (Wildman–Crippen MR) is 54.2 cm³/mol. The normalized spacial score (nSPS) is 31.5. The van der Waals surface area contributed by atoms with E-state index in [0.29, 0.717) is 0 Å². The first-order chi connectivity index (χ1) is 6.29. The van der Waals surface area contributed by atoms with Crippen molar-refractivity contribution in [3.63, 3.8) is 0 Å². The van der Waals surface area contributed by atoms with E-state index >= 15 is 0 Å². The van der Waals surface area contributed by atoms with Crippen molar-refractivity contribution in [2.24, 2.45) is 11.8 Å². The van der Waals surface area contributed by atoms with Gasteiger partial charge in [-0.3, -0.25) is 14.9 Å². The third-order valence-electron chi connectivity index (χ3n) is 2.69. The van der Waals surface area contributed by atoms with Crippen molar-refractivity contribution >= 4 is 11.8 Å². The van der Waals surface area contributed by atoms with Gasteiger partial charge in [0.1, 0.15) is 0 Å². The Kier molecular flexibility index (Phi) is 3.46. The fourth-order valence-corrected chi connectivity index (χ4v) is 2.07. The molecule has 0 aromatic rings. The summed E-state index contributed by atoms with van der Waals surface area (Å²) in [6.45, 7) is 4.00. The van der Waals surface area contributed by atoms with Crippen LogP contribution < -0.4 is 5.32 Å². The molecule has 1 heterocycles. The summed E-state index contributed by atoms with van der Waals surface area (Å²) in [5, 5.41) is 2.38. The first kappa shape index (κ1) is 10.2. The van der Waals surface area contributed by atoms with Crippen molar-refractivity contribution in [1.29, 1.82) is 0 Å².